The molecule has 7 nitrogen and oxygen atoms in total. The van der Waals surface area contributed by atoms with Crippen molar-refractivity contribution < 1.29 is 19.1 Å². The Morgan fingerprint density at radius 2 is 1.87 bits per heavy atom. The van der Waals surface area contributed by atoms with Gasteiger partial charge in [0.05, 0.1) is 18.7 Å². The van der Waals surface area contributed by atoms with Crippen LogP contribution in [-0.2, 0) is 17.8 Å². The predicted molar refractivity (Wildman–Crippen MR) is 115 cm³/mol. The Labute approximate surface area is 177 Å². The molecule has 31 heavy (non-hydrogen) atoms. The number of H-pyrrole nitrogens is 1. The minimum Gasteiger partial charge on any atom is -0.481 e. The summed E-state index contributed by atoms with van der Waals surface area (Å²) in [5.74, 6) is -1.56. The maximum atomic E-state index is 13.3. The Morgan fingerprint density at radius 3 is 2.58 bits per heavy atom. The maximum Gasteiger partial charge on any atom is 0.307 e. The second kappa shape index (κ2) is 8.06. The second-order valence-electron chi connectivity index (χ2n) is 7.44. The number of aromatic nitrogens is 3. The fourth-order valence-corrected chi connectivity index (χ4v) is 3.59. The molecule has 0 aliphatic heterocycles. The van der Waals surface area contributed by atoms with E-state index in [1.54, 1.807) is 35.9 Å². The monoisotopic (exact) mass is 420 g/mol. The molecule has 0 fully saturated rings. The number of amides is 1. The lowest BCUT2D eigenvalue weighted by molar-refractivity contribution is -0.136. The van der Waals surface area contributed by atoms with E-state index in [-0.39, 0.29) is 18.1 Å². The van der Waals surface area contributed by atoms with Crippen molar-refractivity contribution in [3.63, 3.8) is 0 Å². The summed E-state index contributed by atoms with van der Waals surface area (Å²) in [4.78, 5) is 26.5. The van der Waals surface area contributed by atoms with E-state index in [0.717, 1.165) is 16.8 Å². The van der Waals surface area contributed by atoms with Crippen molar-refractivity contribution in [2.45, 2.75) is 26.8 Å². The first-order valence-corrected chi connectivity index (χ1v) is 9.73. The summed E-state index contributed by atoms with van der Waals surface area (Å²) in [6.07, 6.45) is -0.0525. The van der Waals surface area contributed by atoms with Gasteiger partial charge in [-0.25, -0.2) is 4.39 Å². The first kappa shape index (κ1) is 20.3. The minimum atomic E-state index is -0.883. The molecule has 1 amide bonds. The summed E-state index contributed by atoms with van der Waals surface area (Å²) >= 11 is 0. The van der Waals surface area contributed by atoms with Gasteiger partial charge in [0.15, 0.2) is 0 Å². The third-order valence-corrected chi connectivity index (χ3v) is 5.23. The van der Waals surface area contributed by atoms with Gasteiger partial charge in [-0.3, -0.25) is 14.3 Å². The van der Waals surface area contributed by atoms with Gasteiger partial charge in [0.1, 0.15) is 11.5 Å². The molecule has 0 atom stereocenters. The molecule has 0 spiro atoms. The summed E-state index contributed by atoms with van der Waals surface area (Å²) in [5, 5.41) is 17.0. The third kappa shape index (κ3) is 4.32. The van der Waals surface area contributed by atoms with E-state index in [0.29, 0.717) is 34.5 Å². The van der Waals surface area contributed by atoms with Gasteiger partial charge in [0.25, 0.3) is 5.91 Å². The molecule has 2 heterocycles. The Kier molecular flexibility index (Phi) is 5.29. The number of nitrogens with one attached hydrogen (secondary N) is 2. The molecule has 0 bridgehead atoms. The van der Waals surface area contributed by atoms with E-state index >= 15 is 0 Å². The maximum absolute atomic E-state index is 13.3. The summed E-state index contributed by atoms with van der Waals surface area (Å²) in [7, 11) is 0. The van der Waals surface area contributed by atoms with Crippen molar-refractivity contribution in [1.82, 2.24) is 14.8 Å². The summed E-state index contributed by atoms with van der Waals surface area (Å²) in [6, 6.07) is 13.3. The normalized spacial score (nSPS) is 11.1. The molecule has 0 aliphatic rings. The van der Waals surface area contributed by atoms with Crippen LogP contribution in [0.2, 0.25) is 0 Å². The highest BCUT2D eigenvalue weighted by atomic mass is 19.1. The summed E-state index contributed by atoms with van der Waals surface area (Å²) in [6.45, 7) is 4.16. The molecule has 2 aromatic heterocycles. The van der Waals surface area contributed by atoms with E-state index in [9.17, 15) is 14.0 Å². The first-order chi connectivity index (χ1) is 14.8. The number of anilines is 1. The van der Waals surface area contributed by atoms with Gasteiger partial charge in [0.2, 0.25) is 0 Å². The Morgan fingerprint density at radius 1 is 1.13 bits per heavy atom. The molecule has 0 saturated carbocycles. The number of hydrogen-bond donors (Lipinski definition) is 3. The Bertz CT molecular complexity index is 1290. The van der Waals surface area contributed by atoms with Gasteiger partial charge in [-0.1, -0.05) is 12.1 Å². The smallest absolute Gasteiger partial charge is 0.307 e. The average molecular weight is 420 g/mol. The molecular formula is C23H21FN4O3. The highest BCUT2D eigenvalue weighted by Crippen LogP contribution is 2.19. The predicted octanol–water partition coefficient (Wildman–Crippen LogP) is 4.05. The molecule has 2 aromatic carbocycles. The molecule has 0 radical (unpaired) electrons. The largest absolute Gasteiger partial charge is 0.481 e. The van der Waals surface area contributed by atoms with Gasteiger partial charge < -0.3 is 15.4 Å². The van der Waals surface area contributed by atoms with Crippen LogP contribution in [-0.4, -0.2) is 31.7 Å². The minimum absolute atomic E-state index is 0.0525. The fourth-order valence-electron chi connectivity index (χ4n) is 3.59. The number of carbonyl (C=O) groups is 2. The molecule has 4 rings (SSSR count). The standard InChI is InChI=1S/C23H21FN4O3/c1-13-19(11-22(29)30)14(2)28(27-13)12-15-3-6-18(7-4-15)25-23(31)21-10-16-9-17(24)5-8-20(16)26-21/h3-10,26H,11-12H2,1-2H3,(H,25,31)(H,29,30). The SMILES string of the molecule is Cc1nn(Cc2ccc(NC(=O)c3cc4cc(F)ccc4[nH]3)cc2)c(C)c1CC(=O)O. The highest BCUT2D eigenvalue weighted by Gasteiger charge is 2.15. The number of aromatic amines is 1. The van der Waals surface area contributed by atoms with Crippen LogP contribution >= 0.6 is 0 Å². The second-order valence-corrected chi connectivity index (χ2v) is 7.44. The average Bonchev–Trinajstić information content (AvgIpc) is 3.25. The lowest BCUT2D eigenvalue weighted by Crippen LogP contribution is -2.12. The van der Waals surface area contributed by atoms with Crippen LogP contribution in [0.25, 0.3) is 10.9 Å². The Balaban J connectivity index is 1.45. The van der Waals surface area contributed by atoms with Crippen LogP contribution in [0.5, 0.6) is 0 Å². The number of fused-ring (bicyclic) bond motifs is 1. The highest BCUT2D eigenvalue weighted by molar-refractivity contribution is 6.05. The third-order valence-electron chi connectivity index (χ3n) is 5.23. The number of aliphatic carboxylic acids is 1. The zero-order chi connectivity index (χ0) is 22.1. The molecular weight excluding hydrogens is 399 g/mol. The van der Waals surface area contributed by atoms with Crippen LogP contribution < -0.4 is 5.32 Å². The van der Waals surface area contributed by atoms with Crippen LogP contribution in [0.4, 0.5) is 10.1 Å². The van der Waals surface area contributed by atoms with Gasteiger partial charge in [-0.05, 0) is 55.8 Å². The summed E-state index contributed by atoms with van der Waals surface area (Å²) < 4.78 is 15.1. The molecule has 158 valence electrons. The number of carbonyl (C=O) groups excluding carboxylic acids is 1. The number of carboxylic acid groups (broad SMARTS) is 1. The van der Waals surface area contributed by atoms with Crippen molar-refractivity contribution in [2.75, 3.05) is 5.32 Å². The number of aryl methyl sites for hydroxylation is 1. The van der Waals surface area contributed by atoms with E-state index in [4.69, 9.17) is 5.11 Å². The van der Waals surface area contributed by atoms with Crippen LogP contribution in [0.15, 0.2) is 48.5 Å². The lowest BCUT2D eigenvalue weighted by Gasteiger charge is -2.08. The molecule has 4 aromatic rings. The molecule has 0 saturated heterocycles. The summed E-state index contributed by atoms with van der Waals surface area (Å²) in [5.41, 5.74) is 4.89. The number of hydrogen-bond acceptors (Lipinski definition) is 3. The molecule has 0 aliphatic carbocycles. The van der Waals surface area contributed by atoms with Gasteiger partial charge in [-0.15, -0.1) is 0 Å². The van der Waals surface area contributed by atoms with Crippen molar-refractivity contribution in [3.8, 4) is 0 Å². The van der Waals surface area contributed by atoms with Crippen molar-refractivity contribution in [2.24, 2.45) is 0 Å². The molecule has 8 heteroatoms. The fraction of sp³-hybridized carbons (Fsp3) is 0.174. The van der Waals surface area contributed by atoms with E-state index in [1.165, 1.54) is 12.1 Å². The molecule has 3 N–H and O–H groups in total. The van der Waals surface area contributed by atoms with Crippen LogP contribution in [0, 0.1) is 19.7 Å². The number of nitrogens with zero attached hydrogens (tertiary/aromatic N) is 2. The van der Waals surface area contributed by atoms with Gasteiger partial charge >= 0.3 is 5.97 Å². The Hall–Kier alpha value is -3.94. The zero-order valence-corrected chi connectivity index (χ0v) is 17.1. The number of carboxylic acids is 1. The quantitative estimate of drug-likeness (QED) is 0.438. The first-order valence-electron chi connectivity index (χ1n) is 9.73. The van der Waals surface area contributed by atoms with Crippen molar-refractivity contribution in [1.29, 1.82) is 0 Å². The van der Waals surface area contributed by atoms with Crippen molar-refractivity contribution in [3.05, 3.63) is 82.6 Å². The number of benzene rings is 2. The van der Waals surface area contributed by atoms with Crippen LogP contribution in [0.3, 0.4) is 0 Å². The molecule has 0 unspecified atom stereocenters. The van der Waals surface area contributed by atoms with Crippen LogP contribution in [0.1, 0.15) is 33.0 Å². The van der Waals surface area contributed by atoms with E-state index < -0.39 is 5.97 Å². The number of rotatable bonds is 6. The van der Waals surface area contributed by atoms with Crippen molar-refractivity contribution >= 4 is 28.5 Å². The number of halogens is 1. The van der Waals surface area contributed by atoms with Gasteiger partial charge in [-0.2, -0.15) is 5.10 Å². The topological polar surface area (TPSA) is 100 Å². The van der Waals surface area contributed by atoms with E-state index in [1.807, 2.05) is 19.1 Å². The van der Waals surface area contributed by atoms with Gasteiger partial charge in [0, 0.05) is 27.8 Å². The zero-order valence-electron chi connectivity index (χ0n) is 17.1. The lowest BCUT2D eigenvalue weighted by atomic mass is 10.1. The van der Waals surface area contributed by atoms with E-state index in [2.05, 4.69) is 15.4 Å².